The van der Waals surface area contributed by atoms with Crippen LogP contribution in [0.15, 0.2) is 48.0 Å². The maximum Gasteiger partial charge on any atom is 0.295 e. The lowest BCUT2D eigenvalue weighted by atomic mass is 9.94. The van der Waals surface area contributed by atoms with Crippen molar-refractivity contribution in [1.82, 2.24) is 9.80 Å². The van der Waals surface area contributed by atoms with Gasteiger partial charge in [0.25, 0.3) is 11.7 Å². The second-order valence-electron chi connectivity index (χ2n) is 9.33. The standard InChI is InChI=1S/C29H36N2O5/c1-5-30(6-2)14-9-15-31-26(20-10-8-11-23(18-20)35-7-3)25(28(33)29(31)34)27(32)21-12-13-24-22(17-21)16-19(4)36-24/h8,10-13,17-19,26,32H,5-7,9,14-16H2,1-4H3/b27-25-. The molecule has 192 valence electrons. The minimum Gasteiger partial charge on any atom is -0.507 e. The molecular weight excluding hydrogens is 456 g/mol. The third-order valence-corrected chi connectivity index (χ3v) is 6.96. The highest BCUT2D eigenvalue weighted by Crippen LogP contribution is 2.41. The number of Topliss-reactive ketones (excluding diaryl/α,β-unsaturated/α-hetero) is 1. The van der Waals surface area contributed by atoms with Gasteiger partial charge in [0, 0.05) is 18.5 Å². The van der Waals surface area contributed by atoms with Crippen LogP contribution in [0.2, 0.25) is 0 Å². The summed E-state index contributed by atoms with van der Waals surface area (Å²) in [4.78, 5) is 30.5. The van der Waals surface area contributed by atoms with E-state index in [4.69, 9.17) is 9.47 Å². The fourth-order valence-corrected chi connectivity index (χ4v) is 5.13. The van der Waals surface area contributed by atoms with Crippen molar-refractivity contribution in [3.05, 3.63) is 64.7 Å². The van der Waals surface area contributed by atoms with Crippen LogP contribution in [0.5, 0.6) is 11.5 Å². The molecule has 1 fully saturated rings. The first kappa shape index (κ1) is 25.8. The number of rotatable bonds is 10. The highest BCUT2D eigenvalue weighted by Gasteiger charge is 2.46. The van der Waals surface area contributed by atoms with Crippen LogP contribution >= 0.6 is 0 Å². The van der Waals surface area contributed by atoms with Crippen LogP contribution in [0, 0.1) is 0 Å². The minimum absolute atomic E-state index is 0.0649. The molecule has 36 heavy (non-hydrogen) atoms. The summed E-state index contributed by atoms with van der Waals surface area (Å²) in [6, 6.07) is 12.2. The summed E-state index contributed by atoms with van der Waals surface area (Å²) in [6.45, 7) is 11.7. The smallest absolute Gasteiger partial charge is 0.295 e. The molecule has 0 saturated carbocycles. The maximum absolute atomic E-state index is 13.3. The predicted molar refractivity (Wildman–Crippen MR) is 139 cm³/mol. The average molecular weight is 493 g/mol. The van der Waals surface area contributed by atoms with Crippen molar-refractivity contribution in [2.24, 2.45) is 0 Å². The van der Waals surface area contributed by atoms with E-state index < -0.39 is 17.7 Å². The Morgan fingerprint density at radius 1 is 1.14 bits per heavy atom. The highest BCUT2D eigenvalue weighted by molar-refractivity contribution is 6.46. The number of likely N-dealkylation sites (tertiary alicyclic amines) is 1. The second kappa shape index (κ2) is 11.2. The molecule has 1 N–H and O–H groups in total. The summed E-state index contributed by atoms with van der Waals surface area (Å²) in [5.74, 6) is 0.0475. The van der Waals surface area contributed by atoms with E-state index in [1.54, 1.807) is 11.0 Å². The van der Waals surface area contributed by atoms with Gasteiger partial charge in [-0.05, 0) is 81.4 Å². The summed E-state index contributed by atoms with van der Waals surface area (Å²) in [7, 11) is 0. The van der Waals surface area contributed by atoms with E-state index in [0.29, 0.717) is 24.5 Å². The largest absolute Gasteiger partial charge is 0.507 e. The first-order chi connectivity index (χ1) is 17.4. The number of carbonyl (C=O) groups is 2. The molecule has 1 amide bonds. The molecule has 0 radical (unpaired) electrons. The van der Waals surface area contributed by atoms with Crippen molar-refractivity contribution >= 4 is 17.4 Å². The van der Waals surface area contributed by atoms with Gasteiger partial charge in [-0.1, -0.05) is 26.0 Å². The Bertz CT molecular complexity index is 1150. The SMILES string of the molecule is CCOc1cccc(C2/C(=C(/O)c3ccc4c(c3)CC(C)O4)C(=O)C(=O)N2CCCN(CC)CC)c1. The van der Waals surface area contributed by atoms with Gasteiger partial charge >= 0.3 is 0 Å². The monoisotopic (exact) mass is 492 g/mol. The van der Waals surface area contributed by atoms with E-state index in [2.05, 4.69) is 18.7 Å². The Kier molecular flexibility index (Phi) is 7.99. The van der Waals surface area contributed by atoms with Crippen molar-refractivity contribution in [3.63, 3.8) is 0 Å². The van der Waals surface area contributed by atoms with Gasteiger partial charge < -0.3 is 24.4 Å². The lowest BCUT2D eigenvalue weighted by Gasteiger charge is -2.27. The zero-order valence-electron chi connectivity index (χ0n) is 21.6. The third-order valence-electron chi connectivity index (χ3n) is 6.96. The Hall–Kier alpha value is -3.32. The fourth-order valence-electron chi connectivity index (χ4n) is 5.13. The van der Waals surface area contributed by atoms with Crippen molar-refractivity contribution in [3.8, 4) is 11.5 Å². The van der Waals surface area contributed by atoms with Crippen LogP contribution in [0.4, 0.5) is 0 Å². The van der Waals surface area contributed by atoms with Gasteiger partial charge in [-0.3, -0.25) is 9.59 Å². The van der Waals surface area contributed by atoms with Gasteiger partial charge in [-0.2, -0.15) is 0 Å². The van der Waals surface area contributed by atoms with Gasteiger partial charge in [0.15, 0.2) is 0 Å². The molecule has 7 nitrogen and oxygen atoms in total. The summed E-state index contributed by atoms with van der Waals surface area (Å²) >= 11 is 0. The summed E-state index contributed by atoms with van der Waals surface area (Å²) in [5.41, 5.74) is 2.35. The number of aliphatic hydroxyl groups is 1. The zero-order chi connectivity index (χ0) is 25.8. The molecular formula is C29H36N2O5. The molecule has 2 aliphatic heterocycles. The maximum atomic E-state index is 13.3. The number of nitrogens with zero attached hydrogens (tertiary/aromatic N) is 2. The molecule has 2 aromatic rings. The van der Waals surface area contributed by atoms with Crippen LogP contribution in [0.25, 0.3) is 5.76 Å². The van der Waals surface area contributed by atoms with Gasteiger partial charge in [0.2, 0.25) is 0 Å². The summed E-state index contributed by atoms with van der Waals surface area (Å²) in [5, 5.41) is 11.4. The van der Waals surface area contributed by atoms with Crippen LogP contribution in [0.1, 0.15) is 56.8 Å². The van der Waals surface area contributed by atoms with E-state index >= 15 is 0 Å². The number of aliphatic hydroxyl groups excluding tert-OH is 1. The Labute approximate surface area is 213 Å². The van der Waals surface area contributed by atoms with E-state index in [0.717, 1.165) is 49.4 Å². The third kappa shape index (κ3) is 5.12. The van der Waals surface area contributed by atoms with Crippen molar-refractivity contribution in [2.45, 2.75) is 52.7 Å². The highest BCUT2D eigenvalue weighted by atomic mass is 16.5. The summed E-state index contributed by atoms with van der Waals surface area (Å²) in [6.07, 6.45) is 1.52. The Balaban J connectivity index is 1.75. The normalized spacial score (nSPS) is 20.6. The topological polar surface area (TPSA) is 79.3 Å². The fraction of sp³-hybridized carbons (Fsp3) is 0.448. The molecule has 2 heterocycles. The first-order valence-corrected chi connectivity index (χ1v) is 12.9. The number of amides is 1. The number of hydrogen-bond acceptors (Lipinski definition) is 6. The first-order valence-electron chi connectivity index (χ1n) is 12.9. The van der Waals surface area contributed by atoms with Crippen molar-refractivity contribution in [2.75, 3.05) is 32.8 Å². The number of ketones is 1. The van der Waals surface area contributed by atoms with Crippen LogP contribution < -0.4 is 9.47 Å². The molecule has 2 aromatic carbocycles. The number of fused-ring (bicyclic) bond motifs is 1. The van der Waals surface area contributed by atoms with E-state index in [-0.39, 0.29) is 17.4 Å². The molecule has 0 aromatic heterocycles. The minimum atomic E-state index is -0.689. The predicted octanol–water partition coefficient (Wildman–Crippen LogP) is 4.56. The molecule has 0 spiro atoms. The van der Waals surface area contributed by atoms with Gasteiger partial charge in [-0.25, -0.2) is 0 Å². The number of ether oxygens (including phenoxy) is 2. The van der Waals surface area contributed by atoms with Crippen molar-refractivity contribution < 1.29 is 24.2 Å². The lowest BCUT2D eigenvalue weighted by molar-refractivity contribution is -0.140. The van der Waals surface area contributed by atoms with E-state index in [1.165, 1.54) is 0 Å². The number of hydrogen-bond donors (Lipinski definition) is 1. The molecule has 7 heteroatoms. The Morgan fingerprint density at radius 2 is 1.92 bits per heavy atom. The van der Waals surface area contributed by atoms with Gasteiger partial charge in [0.1, 0.15) is 23.4 Å². The molecule has 1 saturated heterocycles. The molecule has 2 aliphatic rings. The van der Waals surface area contributed by atoms with Crippen molar-refractivity contribution in [1.29, 1.82) is 0 Å². The molecule has 4 rings (SSSR count). The van der Waals surface area contributed by atoms with Crippen LogP contribution in [0.3, 0.4) is 0 Å². The molecule has 0 aliphatic carbocycles. The summed E-state index contributed by atoms with van der Waals surface area (Å²) < 4.78 is 11.5. The zero-order valence-corrected chi connectivity index (χ0v) is 21.6. The van der Waals surface area contributed by atoms with Gasteiger partial charge in [0.05, 0.1) is 18.2 Å². The molecule has 0 bridgehead atoms. The number of carbonyl (C=O) groups excluding carboxylic acids is 2. The number of benzene rings is 2. The Morgan fingerprint density at radius 3 is 2.64 bits per heavy atom. The average Bonchev–Trinajstić information content (AvgIpc) is 3.37. The molecule has 2 atom stereocenters. The van der Waals surface area contributed by atoms with Crippen LogP contribution in [-0.2, 0) is 16.0 Å². The quantitative estimate of drug-likeness (QED) is 0.298. The van der Waals surface area contributed by atoms with Crippen LogP contribution in [-0.4, -0.2) is 65.5 Å². The van der Waals surface area contributed by atoms with E-state index in [1.807, 2.05) is 50.2 Å². The second-order valence-corrected chi connectivity index (χ2v) is 9.33. The lowest BCUT2D eigenvalue weighted by Crippen LogP contribution is -2.33. The van der Waals surface area contributed by atoms with Gasteiger partial charge in [-0.15, -0.1) is 0 Å². The molecule has 2 unspecified atom stereocenters. The van der Waals surface area contributed by atoms with E-state index in [9.17, 15) is 14.7 Å².